The largest absolute Gasteiger partial charge is 0.456 e. The van der Waals surface area contributed by atoms with Gasteiger partial charge in [-0.2, -0.15) is 0 Å². The van der Waals surface area contributed by atoms with Gasteiger partial charge in [0.05, 0.1) is 0 Å². The molecule has 10 rings (SSSR count). The maximum absolute atomic E-state index is 6.54. The van der Waals surface area contributed by atoms with Crippen LogP contribution in [0.2, 0.25) is 0 Å². The van der Waals surface area contributed by atoms with E-state index in [0.717, 1.165) is 71.6 Å². The molecule has 3 aromatic heterocycles. The summed E-state index contributed by atoms with van der Waals surface area (Å²) >= 11 is 0. The predicted molar refractivity (Wildman–Crippen MR) is 199 cm³/mol. The van der Waals surface area contributed by atoms with E-state index in [2.05, 4.69) is 48.5 Å². The van der Waals surface area contributed by atoms with Crippen LogP contribution in [-0.2, 0) is 0 Å². The summed E-state index contributed by atoms with van der Waals surface area (Å²) in [6.45, 7) is 0. The van der Waals surface area contributed by atoms with Gasteiger partial charge < -0.3 is 8.83 Å². The molecule has 10 aromatic rings. The molecule has 50 heavy (non-hydrogen) atoms. The zero-order valence-electron chi connectivity index (χ0n) is 26.6. The fraction of sp³-hybridized carbons (Fsp3) is 0. The Balaban J connectivity index is 1.27. The van der Waals surface area contributed by atoms with Crippen LogP contribution in [0.15, 0.2) is 167 Å². The van der Waals surface area contributed by atoms with Crippen molar-refractivity contribution in [2.75, 3.05) is 0 Å². The van der Waals surface area contributed by atoms with Crippen LogP contribution >= 0.6 is 0 Å². The van der Waals surface area contributed by atoms with Gasteiger partial charge in [0, 0.05) is 38.4 Å². The monoisotopic (exact) mass is 642 g/mol. The molecular formula is C44H26N4O2. The Morgan fingerprint density at radius 1 is 0.360 bits per heavy atom. The van der Waals surface area contributed by atoms with E-state index in [4.69, 9.17) is 28.8 Å². The summed E-state index contributed by atoms with van der Waals surface area (Å²) in [6, 6.07) is 52.9. The highest BCUT2D eigenvalue weighted by Gasteiger charge is 2.21. The second kappa shape index (κ2) is 11.4. The maximum Gasteiger partial charge on any atom is 0.227 e. The first-order chi connectivity index (χ1) is 24.8. The number of oxazole rings is 1. The van der Waals surface area contributed by atoms with Crippen LogP contribution in [-0.4, -0.2) is 19.9 Å². The molecule has 0 aliphatic carbocycles. The number of benzene rings is 7. The summed E-state index contributed by atoms with van der Waals surface area (Å²) in [4.78, 5) is 20.5. The average molecular weight is 643 g/mol. The van der Waals surface area contributed by atoms with Gasteiger partial charge in [0.25, 0.3) is 0 Å². The van der Waals surface area contributed by atoms with Crippen molar-refractivity contribution in [3.63, 3.8) is 0 Å². The molecule has 0 bridgehead atoms. The number of para-hydroxylation sites is 1. The molecule has 6 nitrogen and oxygen atoms in total. The van der Waals surface area contributed by atoms with Crippen molar-refractivity contribution in [2.45, 2.75) is 0 Å². The van der Waals surface area contributed by atoms with Gasteiger partial charge in [0.2, 0.25) is 5.89 Å². The van der Waals surface area contributed by atoms with E-state index in [-0.39, 0.29) is 0 Å². The molecular weight excluding hydrogens is 617 g/mol. The fourth-order valence-electron chi connectivity index (χ4n) is 6.89. The zero-order valence-corrected chi connectivity index (χ0v) is 26.6. The molecule has 0 aliphatic heterocycles. The third kappa shape index (κ3) is 4.58. The van der Waals surface area contributed by atoms with Gasteiger partial charge in [0.1, 0.15) is 16.7 Å². The normalized spacial score (nSPS) is 11.6. The second-order valence-corrected chi connectivity index (χ2v) is 12.2. The Labute approximate surface area is 286 Å². The molecule has 0 atom stereocenters. The van der Waals surface area contributed by atoms with E-state index in [0.29, 0.717) is 28.9 Å². The zero-order chi connectivity index (χ0) is 33.0. The smallest absolute Gasteiger partial charge is 0.227 e. The van der Waals surface area contributed by atoms with Gasteiger partial charge in [-0.1, -0.05) is 127 Å². The van der Waals surface area contributed by atoms with E-state index in [1.54, 1.807) is 0 Å². The number of hydrogen-bond donors (Lipinski definition) is 0. The minimum absolute atomic E-state index is 0.536. The molecule has 234 valence electrons. The lowest BCUT2D eigenvalue weighted by Crippen LogP contribution is -2.01. The number of fused-ring (bicyclic) bond motifs is 6. The minimum Gasteiger partial charge on any atom is -0.456 e. The van der Waals surface area contributed by atoms with Gasteiger partial charge in [-0.25, -0.2) is 19.9 Å². The van der Waals surface area contributed by atoms with Gasteiger partial charge in [0.15, 0.2) is 23.1 Å². The van der Waals surface area contributed by atoms with Gasteiger partial charge in [-0.15, -0.1) is 0 Å². The van der Waals surface area contributed by atoms with Crippen LogP contribution in [0.4, 0.5) is 0 Å². The number of aromatic nitrogens is 4. The van der Waals surface area contributed by atoms with E-state index in [1.807, 2.05) is 109 Å². The third-order valence-electron chi connectivity index (χ3n) is 9.19. The summed E-state index contributed by atoms with van der Waals surface area (Å²) in [6.07, 6.45) is 0. The lowest BCUT2D eigenvalue weighted by molar-refractivity contribution is 0.623. The number of nitrogens with zero attached hydrogens (tertiary/aromatic N) is 4. The SMILES string of the molecule is c1ccc(-c2nc3ccc4cccc(-c5nc(-c6ccccc6-c6ccccc6)nc(-c6cccc7oc8ccccc8c67)n5)c4c3o2)cc1. The van der Waals surface area contributed by atoms with Crippen molar-refractivity contribution in [1.29, 1.82) is 0 Å². The number of furan rings is 1. The molecule has 0 saturated heterocycles. The molecule has 0 N–H and O–H groups in total. The molecule has 0 fully saturated rings. The van der Waals surface area contributed by atoms with Gasteiger partial charge in [-0.05, 0) is 46.8 Å². The lowest BCUT2D eigenvalue weighted by atomic mass is 9.98. The van der Waals surface area contributed by atoms with Crippen molar-refractivity contribution < 1.29 is 8.83 Å². The lowest BCUT2D eigenvalue weighted by Gasteiger charge is -2.13. The van der Waals surface area contributed by atoms with E-state index in [1.165, 1.54) is 0 Å². The molecule has 0 saturated carbocycles. The molecule has 3 heterocycles. The summed E-state index contributed by atoms with van der Waals surface area (Å²) in [5.74, 6) is 2.22. The Kier molecular flexibility index (Phi) is 6.39. The predicted octanol–water partition coefficient (Wildman–Crippen LogP) is 11.4. The highest BCUT2D eigenvalue weighted by atomic mass is 16.3. The Hall–Kier alpha value is -6.92. The molecule has 7 aromatic carbocycles. The first-order valence-electron chi connectivity index (χ1n) is 16.5. The molecule has 0 aliphatic rings. The van der Waals surface area contributed by atoms with Gasteiger partial charge in [-0.3, -0.25) is 0 Å². The van der Waals surface area contributed by atoms with Crippen LogP contribution in [0.5, 0.6) is 0 Å². The van der Waals surface area contributed by atoms with Crippen LogP contribution < -0.4 is 0 Å². The molecule has 0 spiro atoms. The van der Waals surface area contributed by atoms with Gasteiger partial charge >= 0.3 is 0 Å². The number of hydrogen-bond acceptors (Lipinski definition) is 6. The maximum atomic E-state index is 6.54. The van der Waals surface area contributed by atoms with Crippen molar-refractivity contribution in [2.24, 2.45) is 0 Å². The highest BCUT2D eigenvalue weighted by Crippen LogP contribution is 2.40. The second-order valence-electron chi connectivity index (χ2n) is 12.2. The van der Waals surface area contributed by atoms with Crippen molar-refractivity contribution in [1.82, 2.24) is 19.9 Å². The highest BCUT2D eigenvalue weighted by molar-refractivity contribution is 6.13. The van der Waals surface area contributed by atoms with Crippen LogP contribution in [0.25, 0.3) is 101 Å². The Morgan fingerprint density at radius 3 is 1.72 bits per heavy atom. The quantitative estimate of drug-likeness (QED) is 0.186. The van der Waals surface area contributed by atoms with Crippen LogP contribution in [0.1, 0.15) is 0 Å². The van der Waals surface area contributed by atoms with Crippen molar-refractivity contribution in [3.05, 3.63) is 158 Å². The summed E-state index contributed by atoms with van der Waals surface area (Å²) in [5.41, 5.74) is 8.68. The summed E-state index contributed by atoms with van der Waals surface area (Å²) in [7, 11) is 0. The first-order valence-corrected chi connectivity index (χ1v) is 16.5. The first kappa shape index (κ1) is 28.1. The van der Waals surface area contributed by atoms with Crippen molar-refractivity contribution >= 4 is 43.8 Å². The van der Waals surface area contributed by atoms with Crippen LogP contribution in [0.3, 0.4) is 0 Å². The average Bonchev–Trinajstić information content (AvgIpc) is 3.81. The third-order valence-corrected chi connectivity index (χ3v) is 9.19. The topological polar surface area (TPSA) is 77.8 Å². The Bertz CT molecular complexity index is 2880. The minimum atomic E-state index is 0.536. The van der Waals surface area contributed by atoms with E-state index < -0.39 is 0 Å². The molecule has 0 amide bonds. The summed E-state index contributed by atoms with van der Waals surface area (Å²) in [5, 5.41) is 3.87. The van der Waals surface area contributed by atoms with E-state index in [9.17, 15) is 0 Å². The molecule has 0 unspecified atom stereocenters. The molecule has 0 radical (unpaired) electrons. The van der Waals surface area contributed by atoms with Crippen LogP contribution in [0, 0.1) is 0 Å². The molecule has 6 heteroatoms. The number of rotatable bonds is 5. The summed E-state index contributed by atoms with van der Waals surface area (Å²) < 4.78 is 12.8. The Morgan fingerprint density at radius 2 is 0.940 bits per heavy atom. The van der Waals surface area contributed by atoms with Crippen molar-refractivity contribution in [3.8, 4) is 56.7 Å². The van der Waals surface area contributed by atoms with E-state index >= 15 is 0 Å². The standard InChI is InChI=1S/C44H26N4O2/c1-3-13-27(14-4-1)30-18-7-8-19-31(30)41-46-42(48-43(47-41)34-22-12-24-37-39(34)32-20-9-10-23-36(32)49-37)33-21-11-17-28-25-26-35-40(38(28)33)50-44(45-35)29-15-5-2-6-16-29/h1-26H. The fourth-order valence-corrected chi connectivity index (χ4v) is 6.89.